The van der Waals surface area contributed by atoms with Crippen molar-refractivity contribution in [1.29, 1.82) is 0 Å². The molecule has 0 nitrogen and oxygen atoms in total. The monoisotopic (exact) mass is 260 g/mol. The fraction of sp³-hybridized carbons (Fsp3) is 0.538. The number of benzene rings is 1. The van der Waals surface area contributed by atoms with Crippen molar-refractivity contribution in [2.24, 2.45) is 5.41 Å². The van der Waals surface area contributed by atoms with Crippen LogP contribution in [0, 0.1) is 11.2 Å². The fourth-order valence-corrected chi connectivity index (χ4v) is 2.96. The Bertz CT molecular complexity index is 395. The standard InChI is InChI=1S/C13H15Cl2F/c1-13(6-2-3-7-13)8-9-11(16)5-4-10(14)12(9)15/h4-5H,2-3,6-8H2,1H3. The van der Waals surface area contributed by atoms with E-state index in [1.807, 2.05) is 0 Å². The normalized spacial score (nSPS) is 19.0. The van der Waals surface area contributed by atoms with Crippen LogP contribution in [-0.2, 0) is 6.42 Å². The summed E-state index contributed by atoms with van der Waals surface area (Å²) in [5.41, 5.74) is 0.772. The lowest BCUT2D eigenvalue weighted by atomic mass is 9.82. The van der Waals surface area contributed by atoms with E-state index in [1.54, 1.807) is 0 Å². The Morgan fingerprint density at radius 3 is 2.50 bits per heavy atom. The molecule has 88 valence electrons. The maximum Gasteiger partial charge on any atom is 0.128 e. The van der Waals surface area contributed by atoms with Crippen LogP contribution in [0.25, 0.3) is 0 Å². The topological polar surface area (TPSA) is 0 Å². The van der Waals surface area contributed by atoms with E-state index in [4.69, 9.17) is 23.2 Å². The van der Waals surface area contributed by atoms with Crippen molar-refractivity contribution in [1.82, 2.24) is 0 Å². The Labute approximate surface area is 106 Å². The van der Waals surface area contributed by atoms with Crippen LogP contribution in [0.5, 0.6) is 0 Å². The van der Waals surface area contributed by atoms with Crippen molar-refractivity contribution in [2.75, 3.05) is 0 Å². The number of halogens is 3. The van der Waals surface area contributed by atoms with Crippen LogP contribution in [-0.4, -0.2) is 0 Å². The van der Waals surface area contributed by atoms with Gasteiger partial charge in [0.05, 0.1) is 10.0 Å². The van der Waals surface area contributed by atoms with Crippen LogP contribution in [0.15, 0.2) is 12.1 Å². The molecular weight excluding hydrogens is 246 g/mol. The molecule has 3 heteroatoms. The maximum absolute atomic E-state index is 13.7. The Morgan fingerprint density at radius 1 is 1.25 bits per heavy atom. The van der Waals surface area contributed by atoms with Gasteiger partial charge < -0.3 is 0 Å². The molecular formula is C13H15Cl2F. The van der Waals surface area contributed by atoms with Crippen molar-refractivity contribution in [3.05, 3.63) is 33.6 Å². The molecule has 2 rings (SSSR count). The fourth-order valence-electron chi connectivity index (χ4n) is 2.56. The van der Waals surface area contributed by atoms with E-state index in [9.17, 15) is 4.39 Å². The number of rotatable bonds is 2. The van der Waals surface area contributed by atoms with Gasteiger partial charge in [-0.05, 0) is 36.8 Å². The molecule has 1 fully saturated rings. The molecule has 0 heterocycles. The van der Waals surface area contributed by atoms with E-state index >= 15 is 0 Å². The molecule has 0 atom stereocenters. The molecule has 1 aromatic carbocycles. The van der Waals surface area contributed by atoms with E-state index in [0.29, 0.717) is 22.0 Å². The lowest BCUT2D eigenvalue weighted by molar-refractivity contribution is 0.329. The van der Waals surface area contributed by atoms with Gasteiger partial charge in [0.15, 0.2) is 0 Å². The van der Waals surface area contributed by atoms with Gasteiger partial charge in [-0.15, -0.1) is 0 Å². The van der Waals surface area contributed by atoms with Crippen molar-refractivity contribution in [2.45, 2.75) is 39.0 Å². The Morgan fingerprint density at radius 2 is 1.88 bits per heavy atom. The Hall–Kier alpha value is -0.270. The molecule has 0 N–H and O–H groups in total. The maximum atomic E-state index is 13.7. The minimum absolute atomic E-state index is 0.190. The van der Waals surface area contributed by atoms with Gasteiger partial charge in [0.2, 0.25) is 0 Å². The van der Waals surface area contributed by atoms with E-state index in [1.165, 1.54) is 25.0 Å². The zero-order chi connectivity index (χ0) is 11.8. The van der Waals surface area contributed by atoms with Gasteiger partial charge >= 0.3 is 0 Å². The van der Waals surface area contributed by atoms with Gasteiger partial charge in [0, 0.05) is 5.56 Å². The van der Waals surface area contributed by atoms with Crippen molar-refractivity contribution in [3.63, 3.8) is 0 Å². The summed E-state index contributed by atoms with van der Waals surface area (Å²) in [6.45, 7) is 2.21. The molecule has 0 spiro atoms. The molecule has 0 aromatic heterocycles. The van der Waals surface area contributed by atoms with Gasteiger partial charge in [-0.1, -0.05) is 43.0 Å². The highest BCUT2D eigenvalue weighted by molar-refractivity contribution is 6.42. The van der Waals surface area contributed by atoms with Gasteiger partial charge in [0.25, 0.3) is 0 Å². The molecule has 0 bridgehead atoms. The summed E-state index contributed by atoms with van der Waals surface area (Å²) in [4.78, 5) is 0. The van der Waals surface area contributed by atoms with Gasteiger partial charge in [-0.2, -0.15) is 0 Å². The van der Waals surface area contributed by atoms with Gasteiger partial charge in [-0.3, -0.25) is 0 Å². The second-order valence-corrected chi connectivity index (χ2v) is 5.80. The molecule has 0 saturated heterocycles. The minimum Gasteiger partial charge on any atom is -0.207 e. The lowest BCUT2D eigenvalue weighted by Gasteiger charge is -2.24. The zero-order valence-electron chi connectivity index (χ0n) is 9.32. The molecule has 1 aliphatic rings. The van der Waals surface area contributed by atoms with Crippen LogP contribution < -0.4 is 0 Å². The minimum atomic E-state index is -0.234. The first-order valence-electron chi connectivity index (χ1n) is 5.64. The summed E-state index contributed by atoms with van der Waals surface area (Å²) in [5, 5.41) is 0.828. The highest BCUT2D eigenvalue weighted by atomic mass is 35.5. The highest BCUT2D eigenvalue weighted by Crippen LogP contribution is 2.42. The molecule has 1 aliphatic carbocycles. The summed E-state index contributed by atoms with van der Waals surface area (Å²) < 4.78 is 13.7. The zero-order valence-corrected chi connectivity index (χ0v) is 10.8. The summed E-state index contributed by atoms with van der Waals surface area (Å²) in [6, 6.07) is 2.92. The second-order valence-electron chi connectivity index (χ2n) is 5.02. The van der Waals surface area contributed by atoms with E-state index in [0.717, 1.165) is 12.8 Å². The lowest BCUT2D eigenvalue weighted by Crippen LogP contribution is -2.16. The van der Waals surface area contributed by atoms with Crippen LogP contribution in [0.1, 0.15) is 38.2 Å². The molecule has 0 aliphatic heterocycles. The third-order valence-corrected chi connectivity index (χ3v) is 4.40. The van der Waals surface area contributed by atoms with E-state index in [2.05, 4.69) is 6.92 Å². The van der Waals surface area contributed by atoms with Crippen molar-refractivity contribution >= 4 is 23.2 Å². The number of hydrogen-bond donors (Lipinski definition) is 0. The first-order chi connectivity index (χ1) is 7.52. The summed E-state index contributed by atoms with van der Waals surface area (Å²) >= 11 is 12.0. The average molecular weight is 261 g/mol. The van der Waals surface area contributed by atoms with Crippen LogP contribution in [0.2, 0.25) is 10.0 Å². The SMILES string of the molecule is CC1(Cc2c(F)ccc(Cl)c2Cl)CCCC1. The molecule has 0 radical (unpaired) electrons. The Kier molecular flexibility index (Phi) is 3.46. The molecule has 1 aromatic rings. The van der Waals surface area contributed by atoms with Crippen LogP contribution >= 0.6 is 23.2 Å². The van der Waals surface area contributed by atoms with Crippen LogP contribution in [0.3, 0.4) is 0 Å². The first-order valence-corrected chi connectivity index (χ1v) is 6.40. The summed E-state index contributed by atoms with van der Waals surface area (Å²) in [6.07, 6.45) is 5.45. The third-order valence-electron chi connectivity index (χ3n) is 3.55. The van der Waals surface area contributed by atoms with E-state index < -0.39 is 0 Å². The van der Waals surface area contributed by atoms with Crippen molar-refractivity contribution < 1.29 is 4.39 Å². The molecule has 16 heavy (non-hydrogen) atoms. The Balaban J connectivity index is 2.30. The quantitative estimate of drug-likeness (QED) is 0.637. The molecule has 0 unspecified atom stereocenters. The predicted octanol–water partition coefficient (Wildman–Crippen LogP) is 5.26. The van der Waals surface area contributed by atoms with Crippen molar-refractivity contribution in [3.8, 4) is 0 Å². The van der Waals surface area contributed by atoms with E-state index in [-0.39, 0.29) is 11.2 Å². The average Bonchev–Trinajstić information content (AvgIpc) is 2.66. The highest BCUT2D eigenvalue weighted by Gasteiger charge is 2.30. The molecule has 0 amide bonds. The number of hydrogen-bond acceptors (Lipinski definition) is 0. The third kappa shape index (κ3) is 2.36. The largest absolute Gasteiger partial charge is 0.207 e. The second kappa shape index (κ2) is 4.54. The van der Waals surface area contributed by atoms with Gasteiger partial charge in [0.1, 0.15) is 5.82 Å². The summed E-state index contributed by atoms with van der Waals surface area (Å²) in [5.74, 6) is -0.234. The first kappa shape index (κ1) is 12.2. The smallest absolute Gasteiger partial charge is 0.128 e. The summed E-state index contributed by atoms with van der Waals surface area (Å²) in [7, 11) is 0. The van der Waals surface area contributed by atoms with Crippen LogP contribution in [0.4, 0.5) is 4.39 Å². The van der Waals surface area contributed by atoms with Gasteiger partial charge in [-0.25, -0.2) is 4.39 Å². The predicted molar refractivity (Wildman–Crippen MR) is 66.7 cm³/mol. The molecule has 1 saturated carbocycles.